The van der Waals surface area contributed by atoms with Gasteiger partial charge in [-0.3, -0.25) is 4.79 Å². The van der Waals surface area contributed by atoms with Gasteiger partial charge in [0, 0.05) is 6.61 Å². The van der Waals surface area contributed by atoms with E-state index >= 15 is 0 Å². The molecule has 2 N–H and O–H groups in total. The molecule has 0 radical (unpaired) electrons. The van der Waals surface area contributed by atoms with Crippen molar-refractivity contribution in [1.82, 2.24) is 0 Å². The molecule has 2 rings (SSSR count). The van der Waals surface area contributed by atoms with Crippen molar-refractivity contribution in [2.24, 2.45) is 5.92 Å². The predicted molar refractivity (Wildman–Crippen MR) is 63.4 cm³/mol. The van der Waals surface area contributed by atoms with E-state index in [1.54, 1.807) is 11.4 Å². The van der Waals surface area contributed by atoms with E-state index in [9.17, 15) is 9.59 Å². The molecule has 1 saturated heterocycles. The Balaban J connectivity index is 2.07. The number of hydrogen-bond acceptors (Lipinski definition) is 4. The highest BCUT2D eigenvalue weighted by molar-refractivity contribution is 7.12. The summed E-state index contributed by atoms with van der Waals surface area (Å²) in [5.74, 6) is -1.39. The van der Waals surface area contributed by atoms with E-state index < -0.39 is 5.97 Å². The molecule has 0 saturated carbocycles. The maximum Gasteiger partial charge on any atom is 0.348 e. The van der Waals surface area contributed by atoms with Gasteiger partial charge in [-0.1, -0.05) is 0 Å². The molecule has 1 aliphatic rings. The van der Waals surface area contributed by atoms with Crippen LogP contribution in [-0.4, -0.2) is 29.7 Å². The van der Waals surface area contributed by atoms with Crippen molar-refractivity contribution in [3.05, 3.63) is 16.3 Å². The second kappa shape index (κ2) is 4.85. The van der Waals surface area contributed by atoms with Crippen LogP contribution in [0.3, 0.4) is 0 Å². The zero-order valence-corrected chi connectivity index (χ0v) is 10.1. The maximum atomic E-state index is 11.9. The molecule has 2 atom stereocenters. The zero-order valence-electron chi connectivity index (χ0n) is 9.30. The van der Waals surface area contributed by atoms with Crippen LogP contribution in [0.5, 0.6) is 0 Å². The fourth-order valence-electron chi connectivity index (χ4n) is 1.87. The lowest BCUT2D eigenvalue weighted by Crippen LogP contribution is -2.28. The number of amides is 1. The number of hydrogen-bond donors (Lipinski definition) is 2. The summed E-state index contributed by atoms with van der Waals surface area (Å²) in [6.07, 6.45) is 0.571. The smallest absolute Gasteiger partial charge is 0.348 e. The summed E-state index contributed by atoms with van der Waals surface area (Å²) in [5, 5.41) is 13.2. The highest BCUT2D eigenvalue weighted by Crippen LogP contribution is 2.26. The van der Waals surface area contributed by atoms with Crippen molar-refractivity contribution < 1.29 is 19.4 Å². The molecule has 17 heavy (non-hydrogen) atoms. The number of aromatic carboxylic acids is 1. The van der Waals surface area contributed by atoms with Gasteiger partial charge in [-0.2, -0.15) is 0 Å². The predicted octanol–water partition coefficient (Wildman–Crippen LogP) is 1.81. The maximum absolute atomic E-state index is 11.9. The van der Waals surface area contributed by atoms with Crippen molar-refractivity contribution in [2.45, 2.75) is 19.4 Å². The number of carboxylic acid groups (broad SMARTS) is 1. The monoisotopic (exact) mass is 255 g/mol. The summed E-state index contributed by atoms with van der Waals surface area (Å²) in [6.45, 7) is 2.43. The van der Waals surface area contributed by atoms with Gasteiger partial charge in [0.05, 0.1) is 17.7 Å². The van der Waals surface area contributed by atoms with Gasteiger partial charge in [-0.05, 0) is 24.8 Å². The molecular formula is C11H13NO4S. The summed E-state index contributed by atoms with van der Waals surface area (Å²) in [4.78, 5) is 23.0. The Morgan fingerprint density at radius 1 is 1.59 bits per heavy atom. The van der Waals surface area contributed by atoms with Crippen LogP contribution in [0.25, 0.3) is 0 Å². The Morgan fingerprint density at radius 2 is 2.35 bits per heavy atom. The Morgan fingerprint density at radius 3 is 2.94 bits per heavy atom. The number of anilines is 1. The van der Waals surface area contributed by atoms with Gasteiger partial charge in [0.2, 0.25) is 5.91 Å². The van der Waals surface area contributed by atoms with Gasteiger partial charge in [-0.25, -0.2) is 4.79 Å². The van der Waals surface area contributed by atoms with Crippen LogP contribution < -0.4 is 5.32 Å². The van der Waals surface area contributed by atoms with Crippen LogP contribution in [-0.2, 0) is 9.53 Å². The third-order valence-electron chi connectivity index (χ3n) is 2.83. The molecule has 92 valence electrons. The van der Waals surface area contributed by atoms with Gasteiger partial charge >= 0.3 is 5.97 Å². The minimum atomic E-state index is -1.02. The molecule has 0 bridgehead atoms. The van der Waals surface area contributed by atoms with E-state index in [-0.39, 0.29) is 22.8 Å². The summed E-state index contributed by atoms with van der Waals surface area (Å²) < 4.78 is 5.31. The van der Waals surface area contributed by atoms with E-state index in [4.69, 9.17) is 9.84 Å². The van der Waals surface area contributed by atoms with Crippen molar-refractivity contribution in [3.63, 3.8) is 0 Å². The first-order valence-corrected chi connectivity index (χ1v) is 6.21. The number of nitrogens with one attached hydrogen (secondary N) is 1. The third kappa shape index (κ3) is 2.48. The van der Waals surface area contributed by atoms with Crippen LogP contribution in [0.4, 0.5) is 5.69 Å². The normalized spacial score (nSPS) is 23.6. The van der Waals surface area contributed by atoms with E-state index in [2.05, 4.69) is 5.32 Å². The molecule has 6 heteroatoms. The fraction of sp³-hybridized carbons (Fsp3) is 0.455. The number of thiophene rings is 1. The number of rotatable bonds is 3. The molecule has 0 spiro atoms. The summed E-state index contributed by atoms with van der Waals surface area (Å²) in [7, 11) is 0. The van der Waals surface area contributed by atoms with Gasteiger partial charge in [0.25, 0.3) is 0 Å². The lowest BCUT2D eigenvalue weighted by atomic mass is 10.0. The minimum absolute atomic E-state index is 0.109. The molecule has 2 unspecified atom stereocenters. The molecule has 1 aromatic heterocycles. The van der Waals surface area contributed by atoms with E-state index in [0.717, 1.165) is 11.3 Å². The second-order valence-electron chi connectivity index (χ2n) is 3.93. The van der Waals surface area contributed by atoms with Crippen LogP contribution in [0.15, 0.2) is 11.4 Å². The number of carbonyl (C=O) groups excluding carboxylic acids is 1. The van der Waals surface area contributed by atoms with Gasteiger partial charge in [0.1, 0.15) is 4.88 Å². The molecule has 1 aromatic rings. The molecule has 1 fully saturated rings. The van der Waals surface area contributed by atoms with Crippen LogP contribution >= 0.6 is 11.3 Å². The molecule has 1 aliphatic heterocycles. The first-order valence-electron chi connectivity index (χ1n) is 5.33. The molecule has 2 heterocycles. The second-order valence-corrected chi connectivity index (χ2v) is 4.84. The van der Waals surface area contributed by atoms with Gasteiger partial charge < -0.3 is 15.2 Å². The third-order valence-corrected chi connectivity index (χ3v) is 3.73. The van der Waals surface area contributed by atoms with Crippen molar-refractivity contribution in [2.75, 3.05) is 11.9 Å². The molecule has 0 aliphatic carbocycles. The first-order chi connectivity index (χ1) is 8.09. The lowest BCUT2D eigenvalue weighted by molar-refractivity contribution is -0.121. The molecule has 5 nitrogen and oxygen atoms in total. The minimum Gasteiger partial charge on any atom is -0.477 e. The Bertz CT molecular complexity index is 442. The highest BCUT2D eigenvalue weighted by atomic mass is 32.1. The largest absolute Gasteiger partial charge is 0.477 e. The lowest BCUT2D eigenvalue weighted by Gasteiger charge is -2.13. The highest BCUT2D eigenvalue weighted by Gasteiger charge is 2.31. The fourth-order valence-corrected chi connectivity index (χ4v) is 2.56. The van der Waals surface area contributed by atoms with Crippen molar-refractivity contribution in [1.29, 1.82) is 0 Å². The Hall–Kier alpha value is -1.40. The van der Waals surface area contributed by atoms with E-state index in [1.807, 2.05) is 6.92 Å². The van der Waals surface area contributed by atoms with Gasteiger partial charge in [-0.15, -0.1) is 11.3 Å². The van der Waals surface area contributed by atoms with Crippen LogP contribution in [0.2, 0.25) is 0 Å². The summed E-state index contributed by atoms with van der Waals surface area (Å²) in [5.41, 5.74) is 0.367. The van der Waals surface area contributed by atoms with Crippen molar-refractivity contribution in [3.8, 4) is 0 Å². The quantitative estimate of drug-likeness (QED) is 0.863. The zero-order chi connectivity index (χ0) is 12.4. The van der Waals surface area contributed by atoms with Crippen molar-refractivity contribution >= 4 is 28.9 Å². The average Bonchev–Trinajstić information content (AvgIpc) is 2.86. The average molecular weight is 255 g/mol. The summed E-state index contributed by atoms with van der Waals surface area (Å²) >= 11 is 1.10. The SMILES string of the molecule is CC1OCCC1C(=O)Nc1ccsc1C(=O)O. The number of ether oxygens (including phenoxy) is 1. The summed E-state index contributed by atoms with van der Waals surface area (Å²) in [6, 6.07) is 1.60. The Labute approximate surface area is 102 Å². The molecule has 0 aromatic carbocycles. The first kappa shape index (κ1) is 12.1. The van der Waals surface area contributed by atoms with Gasteiger partial charge in [0.15, 0.2) is 0 Å². The number of carboxylic acids is 1. The molecule has 1 amide bonds. The Kier molecular flexibility index (Phi) is 3.44. The van der Waals surface area contributed by atoms with E-state index in [1.165, 1.54) is 0 Å². The van der Waals surface area contributed by atoms with Crippen LogP contribution in [0.1, 0.15) is 23.0 Å². The number of carbonyl (C=O) groups is 2. The molecular weight excluding hydrogens is 242 g/mol. The van der Waals surface area contributed by atoms with Crippen LogP contribution in [0, 0.1) is 5.92 Å². The standard InChI is InChI=1S/C11H13NO4S/c1-6-7(2-4-16-6)10(13)12-8-3-5-17-9(8)11(14)15/h3,5-7H,2,4H2,1H3,(H,12,13)(H,14,15). The van der Waals surface area contributed by atoms with E-state index in [0.29, 0.717) is 18.7 Å². The topological polar surface area (TPSA) is 75.6 Å².